The first-order valence-electron chi connectivity index (χ1n) is 6.86. The van der Waals surface area contributed by atoms with Gasteiger partial charge in [0.05, 0.1) is 9.83 Å². The van der Waals surface area contributed by atoms with Crippen molar-refractivity contribution in [1.29, 1.82) is 0 Å². The number of nitrogens with zero attached hydrogens (tertiary/aromatic N) is 2. The number of nitrogens with one attached hydrogen (secondary N) is 1. The van der Waals surface area contributed by atoms with Gasteiger partial charge in [-0.05, 0) is 29.3 Å². The van der Waals surface area contributed by atoms with E-state index in [1.54, 1.807) is 12.1 Å². The molecule has 0 fully saturated rings. The number of hydrogen-bond acceptors (Lipinski definition) is 5. The second-order valence-corrected chi connectivity index (χ2v) is 6.27. The molecular formula is C15H15N3O4S. The van der Waals surface area contributed by atoms with Gasteiger partial charge in [0, 0.05) is 18.6 Å². The van der Waals surface area contributed by atoms with Gasteiger partial charge in [-0.1, -0.05) is 26.0 Å². The molecule has 7 nitrogen and oxygen atoms in total. The van der Waals surface area contributed by atoms with Crippen molar-refractivity contribution in [3.8, 4) is 0 Å². The highest BCUT2D eigenvalue weighted by Gasteiger charge is 2.23. The zero-order chi connectivity index (χ0) is 17.1. The SMILES string of the molecule is CC(=O)NC1=NC(=O)/C(=C/c2ccc(C(C)C)c([N+](=O)[O-])c2)S1. The van der Waals surface area contributed by atoms with E-state index in [4.69, 9.17) is 0 Å². The molecule has 1 aromatic rings. The van der Waals surface area contributed by atoms with Crippen LogP contribution in [0.4, 0.5) is 5.69 Å². The minimum absolute atomic E-state index is 0.0211. The predicted octanol–water partition coefficient (Wildman–Crippen LogP) is 2.82. The number of thioether (sulfide) groups is 1. The third kappa shape index (κ3) is 4.04. The molecule has 0 bridgehead atoms. The molecule has 0 saturated carbocycles. The Balaban J connectivity index is 2.30. The van der Waals surface area contributed by atoms with Gasteiger partial charge in [0.15, 0.2) is 5.17 Å². The lowest BCUT2D eigenvalue weighted by Crippen LogP contribution is -2.23. The van der Waals surface area contributed by atoms with Crippen molar-refractivity contribution < 1.29 is 14.5 Å². The lowest BCUT2D eigenvalue weighted by molar-refractivity contribution is -0.385. The average molecular weight is 333 g/mol. The molecule has 0 unspecified atom stereocenters. The van der Waals surface area contributed by atoms with Gasteiger partial charge in [0.1, 0.15) is 0 Å². The second-order valence-electron chi connectivity index (χ2n) is 5.24. The molecule has 1 aliphatic heterocycles. The van der Waals surface area contributed by atoms with Gasteiger partial charge < -0.3 is 5.32 Å². The van der Waals surface area contributed by atoms with Crippen LogP contribution in [-0.2, 0) is 9.59 Å². The lowest BCUT2D eigenvalue weighted by atomic mass is 9.99. The Morgan fingerprint density at radius 3 is 2.70 bits per heavy atom. The number of amidine groups is 1. The number of hydrogen-bond donors (Lipinski definition) is 1. The number of nitro benzene ring substituents is 1. The Bertz CT molecular complexity index is 753. The van der Waals surface area contributed by atoms with Crippen molar-refractivity contribution in [2.24, 2.45) is 4.99 Å². The number of amides is 2. The van der Waals surface area contributed by atoms with Gasteiger partial charge in [-0.2, -0.15) is 4.99 Å². The molecule has 0 aromatic heterocycles. The summed E-state index contributed by atoms with van der Waals surface area (Å²) in [6.07, 6.45) is 1.53. The molecule has 0 radical (unpaired) electrons. The summed E-state index contributed by atoms with van der Waals surface area (Å²) in [5, 5.41) is 13.9. The first-order valence-corrected chi connectivity index (χ1v) is 7.68. The molecule has 23 heavy (non-hydrogen) atoms. The smallest absolute Gasteiger partial charge is 0.286 e. The van der Waals surface area contributed by atoms with Crippen molar-refractivity contribution in [1.82, 2.24) is 5.32 Å². The van der Waals surface area contributed by atoms with Gasteiger partial charge in [0.2, 0.25) is 5.91 Å². The fourth-order valence-corrected chi connectivity index (χ4v) is 2.92. The zero-order valence-electron chi connectivity index (χ0n) is 12.8. The third-order valence-corrected chi connectivity index (χ3v) is 3.97. The quantitative estimate of drug-likeness (QED) is 0.520. The van der Waals surface area contributed by atoms with E-state index in [1.165, 1.54) is 19.1 Å². The van der Waals surface area contributed by atoms with E-state index in [0.717, 1.165) is 11.8 Å². The van der Waals surface area contributed by atoms with E-state index in [0.29, 0.717) is 16.0 Å². The van der Waals surface area contributed by atoms with Crippen LogP contribution in [0.25, 0.3) is 6.08 Å². The standard InChI is InChI=1S/C15H15N3O4S/c1-8(2)11-5-4-10(6-12(11)18(21)22)7-13-14(20)17-15(23-13)16-9(3)19/h4-8H,1-3H3,(H,16,17,19,20)/b13-7-. The highest BCUT2D eigenvalue weighted by molar-refractivity contribution is 8.18. The Hall–Kier alpha value is -2.48. The van der Waals surface area contributed by atoms with Crippen LogP contribution < -0.4 is 5.32 Å². The molecule has 1 aliphatic rings. The van der Waals surface area contributed by atoms with Crippen LogP contribution in [0.5, 0.6) is 0 Å². The number of benzene rings is 1. The van der Waals surface area contributed by atoms with E-state index in [-0.39, 0.29) is 22.7 Å². The summed E-state index contributed by atoms with van der Waals surface area (Å²) in [6.45, 7) is 5.08. The van der Waals surface area contributed by atoms with Crippen LogP contribution >= 0.6 is 11.8 Å². The van der Waals surface area contributed by atoms with E-state index < -0.39 is 10.8 Å². The molecule has 1 aromatic carbocycles. The topological polar surface area (TPSA) is 102 Å². The van der Waals surface area contributed by atoms with E-state index in [2.05, 4.69) is 10.3 Å². The second kappa shape index (κ2) is 6.74. The van der Waals surface area contributed by atoms with Crippen molar-refractivity contribution in [2.45, 2.75) is 26.7 Å². The molecule has 8 heteroatoms. The van der Waals surface area contributed by atoms with Gasteiger partial charge in [-0.3, -0.25) is 19.7 Å². The van der Waals surface area contributed by atoms with Crippen LogP contribution in [0.15, 0.2) is 28.1 Å². The molecule has 120 valence electrons. The van der Waals surface area contributed by atoms with Gasteiger partial charge >= 0.3 is 0 Å². The first kappa shape index (κ1) is 16.9. The summed E-state index contributed by atoms with van der Waals surface area (Å²) in [5.74, 6) is -0.772. The Morgan fingerprint density at radius 2 is 2.13 bits per heavy atom. The molecule has 2 amide bonds. The monoisotopic (exact) mass is 333 g/mol. The van der Waals surface area contributed by atoms with Crippen molar-refractivity contribution in [3.05, 3.63) is 44.3 Å². The van der Waals surface area contributed by atoms with E-state index in [9.17, 15) is 19.7 Å². The largest absolute Gasteiger partial charge is 0.305 e. The molecule has 0 spiro atoms. The third-order valence-electron chi connectivity index (χ3n) is 3.07. The normalized spacial score (nSPS) is 15.9. The fraction of sp³-hybridized carbons (Fsp3) is 0.267. The average Bonchev–Trinajstić information content (AvgIpc) is 2.77. The number of carbonyl (C=O) groups excluding carboxylic acids is 2. The number of carbonyl (C=O) groups is 2. The maximum atomic E-state index is 11.8. The maximum absolute atomic E-state index is 11.8. The summed E-state index contributed by atoms with van der Waals surface area (Å²) in [4.78, 5) is 37.6. The number of aliphatic imine (C=N–C) groups is 1. The van der Waals surface area contributed by atoms with Gasteiger partial charge in [-0.15, -0.1) is 0 Å². The molecule has 1 heterocycles. The van der Waals surface area contributed by atoms with Crippen molar-refractivity contribution >= 4 is 40.5 Å². The minimum atomic E-state index is -0.477. The highest BCUT2D eigenvalue weighted by atomic mass is 32.2. The van der Waals surface area contributed by atoms with Crippen molar-refractivity contribution in [2.75, 3.05) is 0 Å². The first-order chi connectivity index (χ1) is 10.8. The van der Waals surface area contributed by atoms with Crippen LogP contribution in [0.2, 0.25) is 0 Å². The van der Waals surface area contributed by atoms with E-state index in [1.807, 2.05) is 13.8 Å². The summed E-state index contributed by atoms with van der Waals surface area (Å²) < 4.78 is 0. The molecule has 0 aliphatic carbocycles. The summed E-state index contributed by atoms with van der Waals surface area (Å²) >= 11 is 1.03. The van der Waals surface area contributed by atoms with Crippen molar-refractivity contribution in [3.63, 3.8) is 0 Å². The Labute approximate surface area is 137 Å². The zero-order valence-corrected chi connectivity index (χ0v) is 13.6. The predicted molar refractivity (Wildman–Crippen MR) is 89.0 cm³/mol. The Morgan fingerprint density at radius 1 is 1.43 bits per heavy atom. The van der Waals surface area contributed by atoms with E-state index >= 15 is 0 Å². The molecule has 0 atom stereocenters. The molecule has 1 N–H and O–H groups in total. The number of nitro groups is 1. The van der Waals surface area contributed by atoms with Gasteiger partial charge in [-0.25, -0.2) is 0 Å². The Kier molecular flexibility index (Phi) is 4.95. The van der Waals surface area contributed by atoms with Crippen LogP contribution in [0.1, 0.15) is 37.8 Å². The molecule has 2 rings (SSSR count). The van der Waals surface area contributed by atoms with Crippen LogP contribution in [0, 0.1) is 10.1 Å². The van der Waals surface area contributed by atoms with Gasteiger partial charge in [0.25, 0.3) is 11.6 Å². The van der Waals surface area contributed by atoms with Crippen LogP contribution in [0.3, 0.4) is 0 Å². The summed E-state index contributed by atoms with van der Waals surface area (Å²) in [6, 6.07) is 4.85. The fourth-order valence-electron chi connectivity index (χ4n) is 2.06. The van der Waals surface area contributed by atoms with Crippen LogP contribution in [-0.4, -0.2) is 21.9 Å². The summed E-state index contributed by atoms with van der Waals surface area (Å²) in [7, 11) is 0. The molecule has 0 saturated heterocycles. The highest BCUT2D eigenvalue weighted by Crippen LogP contribution is 2.31. The molecular weight excluding hydrogens is 318 g/mol. The minimum Gasteiger partial charge on any atom is -0.305 e. The number of rotatable bonds is 3. The maximum Gasteiger partial charge on any atom is 0.286 e. The summed E-state index contributed by atoms with van der Waals surface area (Å²) in [5.41, 5.74) is 1.20. The lowest BCUT2D eigenvalue weighted by Gasteiger charge is -2.07.